The van der Waals surface area contributed by atoms with Crippen molar-refractivity contribution in [3.05, 3.63) is 77.3 Å². The fraction of sp³-hybridized carbons (Fsp3) is 0.190. The van der Waals surface area contributed by atoms with Crippen LogP contribution in [-0.2, 0) is 0 Å². The van der Waals surface area contributed by atoms with Gasteiger partial charge in [0.1, 0.15) is 0 Å². The van der Waals surface area contributed by atoms with Gasteiger partial charge >= 0.3 is 0 Å². The van der Waals surface area contributed by atoms with Gasteiger partial charge in [0, 0.05) is 12.4 Å². The van der Waals surface area contributed by atoms with Crippen LogP contribution in [-0.4, -0.2) is 25.8 Å². The van der Waals surface area contributed by atoms with Crippen LogP contribution in [0.15, 0.2) is 60.2 Å². The maximum absolute atomic E-state index is 13.0. The van der Waals surface area contributed by atoms with Crippen molar-refractivity contribution in [2.45, 2.75) is 25.9 Å². The molecule has 1 unspecified atom stereocenters. The molecule has 0 spiro atoms. The van der Waals surface area contributed by atoms with E-state index in [4.69, 9.17) is 0 Å². The number of carbonyl (C=O) groups excluding carboxylic acids is 1. The summed E-state index contributed by atoms with van der Waals surface area (Å²) in [5, 5.41) is 8.14. The quantitative estimate of drug-likeness (QED) is 0.502. The van der Waals surface area contributed by atoms with Gasteiger partial charge in [-0.15, -0.1) is 11.3 Å². The van der Waals surface area contributed by atoms with E-state index in [0.29, 0.717) is 11.6 Å². The Morgan fingerprint density at radius 1 is 0.931 bits per heavy atom. The van der Waals surface area contributed by atoms with Crippen molar-refractivity contribution in [3.8, 4) is 0 Å². The van der Waals surface area contributed by atoms with Crippen LogP contribution in [0.1, 0.15) is 47.8 Å². The van der Waals surface area contributed by atoms with Crippen LogP contribution in [0.2, 0.25) is 0 Å². The SMILES string of the molecule is CC(Nc1nc(C(=O)N[C@@H](C)c2ccccn2)c2sccc2n1)c1ccccn1. The average molecular weight is 404 g/mol. The number of aromatic nitrogens is 4. The molecule has 0 aliphatic carbocycles. The lowest BCUT2D eigenvalue weighted by molar-refractivity contribution is 0.0936. The Kier molecular flexibility index (Phi) is 5.44. The molecule has 4 rings (SSSR count). The van der Waals surface area contributed by atoms with E-state index in [9.17, 15) is 4.79 Å². The summed E-state index contributed by atoms with van der Waals surface area (Å²) in [7, 11) is 0. The molecule has 1 amide bonds. The van der Waals surface area contributed by atoms with Gasteiger partial charge < -0.3 is 10.6 Å². The number of amides is 1. The highest BCUT2D eigenvalue weighted by molar-refractivity contribution is 7.17. The normalized spacial score (nSPS) is 13.0. The summed E-state index contributed by atoms with van der Waals surface area (Å²) in [5.41, 5.74) is 2.75. The van der Waals surface area contributed by atoms with E-state index in [1.54, 1.807) is 12.4 Å². The van der Waals surface area contributed by atoms with Crippen LogP contribution in [0, 0.1) is 0 Å². The summed E-state index contributed by atoms with van der Waals surface area (Å²) >= 11 is 1.45. The van der Waals surface area contributed by atoms with Crippen LogP contribution in [0.4, 0.5) is 5.95 Å². The summed E-state index contributed by atoms with van der Waals surface area (Å²) in [5.74, 6) is 0.135. The number of hydrogen-bond donors (Lipinski definition) is 2. The maximum Gasteiger partial charge on any atom is 0.272 e. The fourth-order valence-electron chi connectivity index (χ4n) is 2.95. The first-order chi connectivity index (χ1) is 14.1. The standard InChI is InChI=1S/C21H20N6OS/c1-13(15-7-3-5-10-22-15)24-20(28)18-19-17(9-12-29-19)26-21(27-18)25-14(2)16-8-4-6-11-23-16/h3-14H,1-2H3,(H,24,28)(H,25,26,27)/t13-,14?/m0/s1. The Morgan fingerprint density at radius 2 is 1.62 bits per heavy atom. The molecule has 2 N–H and O–H groups in total. The van der Waals surface area contributed by atoms with Crippen molar-refractivity contribution in [1.82, 2.24) is 25.3 Å². The number of anilines is 1. The molecule has 2 atom stereocenters. The number of carbonyl (C=O) groups is 1. The van der Waals surface area contributed by atoms with Crippen molar-refractivity contribution in [2.75, 3.05) is 5.32 Å². The second-order valence-corrected chi connectivity index (χ2v) is 7.52. The van der Waals surface area contributed by atoms with Gasteiger partial charge in [-0.05, 0) is 49.6 Å². The molecule has 4 heterocycles. The molecule has 7 nitrogen and oxygen atoms in total. The Hall–Kier alpha value is -3.39. The first-order valence-corrected chi connectivity index (χ1v) is 10.1. The summed E-state index contributed by atoms with van der Waals surface area (Å²) in [6, 6.07) is 12.9. The van der Waals surface area contributed by atoms with Crippen LogP contribution < -0.4 is 10.6 Å². The van der Waals surface area contributed by atoms with Gasteiger partial charge in [-0.2, -0.15) is 0 Å². The van der Waals surface area contributed by atoms with Crippen molar-refractivity contribution in [1.29, 1.82) is 0 Å². The molecule has 0 radical (unpaired) electrons. The monoisotopic (exact) mass is 404 g/mol. The van der Waals surface area contributed by atoms with Crippen molar-refractivity contribution in [3.63, 3.8) is 0 Å². The van der Waals surface area contributed by atoms with E-state index >= 15 is 0 Å². The van der Waals surface area contributed by atoms with Gasteiger partial charge in [0.2, 0.25) is 5.95 Å². The summed E-state index contributed by atoms with van der Waals surface area (Å²) in [4.78, 5) is 30.7. The second kappa shape index (κ2) is 8.32. The Morgan fingerprint density at radius 3 is 2.28 bits per heavy atom. The summed E-state index contributed by atoms with van der Waals surface area (Å²) in [6.07, 6.45) is 3.45. The molecule has 0 fully saturated rings. The van der Waals surface area contributed by atoms with Crippen LogP contribution in [0.25, 0.3) is 10.2 Å². The average Bonchev–Trinajstić information content (AvgIpc) is 3.23. The largest absolute Gasteiger partial charge is 0.346 e. The highest BCUT2D eigenvalue weighted by atomic mass is 32.1. The first kappa shape index (κ1) is 18.9. The predicted molar refractivity (Wildman–Crippen MR) is 114 cm³/mol. The maximum atomic E-state index is 13.0. The molecule has 4 aromatic rings. The van der Waals surface area contributed by atoms with E-state index in [-0.39, 0.29) is 18.0 Å². The third kappa shape index (κ3) is 4.22. The molecule has 4 aromatic heterocycles. The molecule has 0 aliphatic rings. The van der Waals surface area contributed by atoms with Crippen LogP contribution in [0.5, 0.6) is 0 Å². The number of nitrogens with zero attached hydrogens (tertiary/aromatic N) is 4. The molecule has 8 heteroatoms. The minimum atomic E-state index is -0.258. The number of hydrogen-bond acceptors (Lipinski definition) is 7. The third-order valence-electron chi connectivity index (χ3n) is 4.47. The van der Waals surface area contributed by atoms with Crippen molar-refractivity contribution in [2.24, 2.45) is 0 Å². The predicted octanol–water partition coefficient (Wildman–Crippen LogP) is 4.15. The topological polar surface area (TPSA) is 92.7 Å². The second-order valence-electron chi connectivity index (χ2n) is 6.60. The van der Waals surface area contributed by atoms with E-state index in [0.717, 1.165) is 21.6 Å². The number of pyridine rings is 2. The van der Waals surface area contributed by atoms with Gasteiger partial charge in [0.05, 0.1) is 33.7 Å². The first-order valence-electron chi connectivity index (χ1n) is 9.26. The zero-order valence-corrected chi connectivity index (χ0v) is 16.9. The van der Waals surface area contributed by atoms with Crippen molar-refractivity contribution < 1.29 is 4.79 Å². The number of fused-ring (bicyclic) bond motifs is 1. The number of thiophene rings is 1. The van der Waals surface area contributed by atoms with E-state index in [1.807, 2.05) is 61.7 Å². The van der Waals surface area contributed by atoms with Gasteiger partial charge in [-0.1, -0.05) is 12.1 Å². The Balaban J connectivity index is 1.60. The van der Waals surface area contributed by atoms with E-state index in [2.05, 4.69) is 30.6 Å². The molecule has 0 aliphatic heterocycles. The molecule has 0 saturated heterocycles. The molecular formula is C21H20N6OS. The highest BCUT2D eigenvalue weighted by Gasteiger charge is 2.20. The smallest absolute Gasteiger partial charge is 0.272 e. The molecule has 0 bridgehead atoms. The highest BCUT2D eigenvalue weighted by Crippen LogP contribution is 2.25. The fourth-order valence-corrected chi connectivity index (χ4v) is 3.77. The van der Waals surface area contributed by atoms with E-state index < -0.39 is 0 Å². The summed E-state index contributed by atoms with van der Waals surface area (Å²) < 4.78 is 0.756. The lowest BCUT2D eigenvalue weighted by Crippen LogP contribution is -2.28. The zero-order chi connectivity index (χ0) is 20.2. The lowest BCUT2D eigenvalue weighted by Gasteiger charge is -2.16. The van der Waals surface area contributed by atoms with Gasteiger partial charge in [-0.3, -0.25) is 14.8 Å². The zero-order valence-electron chi connectivity index (χ0n) is 16.0. The van der Waals surface area contributed by atoms with Crippen LogP contribution in [0.3, 0.4) is 0 Å². The minimum absolute atomic E-state index is 0.101. The van der Waals surface area contributed by atoms with Gasteiger partial charge in [0.25, 0.3) is 5.91 Å². The molecule has 29 heavy (non-hydrogen) atoms. The molecular weight excluding hydrogens is 384 g/mol. The Bertz CT molecular complexity index is 1120. The van der Waals surface area contributed by atoms with E-state index in [1.165, 1.54) is 11.3 Å². The van der Waals surface area contributed by atoms with Crippen molar-refractivity contribution >= 4 is 33.4 Å². The summed E-state index contributed by atoms with van der Waals surface area (Å²) in [6.45, 7) is 3.88. The van der Waals surface area contributed by atoms with Gasteiger partial charge in [0.15, 0.2) is 5.69 Å². The Labute approximate surface area is 172 Å². The third-order valence-corrected chi connectivity index (χ3v) is 5.39. The molecule has 0 saturated carbocycles. The molecule has 146 valence electrons. The lowest BCUT2D eigenvalue weighted by atomic mass is 10.2. The van der Waals surface area contributed by atoms with Gasteiger partial charge in [-0.25, -0.2) is 9.97 Å². The number of rotatable bonds is 6. The van der Waals surface area contributed by atoms with Crippen LogP contribution >= 0.6 is 11.3 Å². The number of nitrogens with one attached hydrogen (secondary N) is 2. The minimum Gasteiger partial charge on any atom is -0.346 e. The molecule has 0 aromatic carbocycles.